The van der Waals surface area contributed by atoms with E-state index < -0.39 is 5.97 Å². The van der Waals surface area contributed by atoms with Gasteiger partial charge in [-0.25, -0.2) is 4.79 Å². The van der Waals surface area contributed by atoms with Crippen molar-refractivity contribution in [2.45, 2.75) is 6.92 Å². The summed E-state index contributed by atoms with van der Waals surface area (Å²) in [6, 6.07) is 1.51. The van der Waals surface area contributed by atoms with Gasteiger partial charge in [0.15, 0.2) is 5.78 Å². The molecule has 1 rings (SSSR count). The standard InChI is InChI=1S/C9H8BrNO3/c1-5(12)8-7(9(13)14-2)3-6(10)4-11-8/h3-4H,1-2H3. The minimum absolute atomic E-state index is 0.125. The smallest absolute Gasteiger partial charge is 0.340 e. The highest BCUT2D eigenvalue weighted by atomic mass is 79.9. The molecule has 0 aromatic carbocycles. The van der Waals surface area contributed by atoms with Crippen LogP contribution in [-0.2, 0) is 4.74 Å². The molecule has 0 aliphatic heterocycles. The lowest BCUT2D eigenvalue weighted by Crippen LogP contribution is -2.10. The Balaban J connectivity index is 3.29. The van der Waals surface area contributed by atoms with Crippen LogP contribution in [0.25, 0.3) is 0 Å². The van der Waals surface area contributed by atoms with E-state index in [0.29, 0.717) is 4.47 Å². The van der Waals surface area contributed by atoms with Gasteiger partial charge in [0.05, 0.1) is 12.7 Å². The third kappa shape index (κ3) is 2.17. The highest BCUT2D eigenvalue weighted by Gasteiger charge is 2.16. The summed E-state index contributed by atoms with van der Waals surface area (Å²) in [6.45, 7) is 1.35. The molecule has 1 aromatic heterocycles. The first-order valence-corrected chi connectivity index (χ1v) is 4.60. The van der Waals surface area contributed by atoms with Crippen LogP contribution < -0.4 is 0 Å². The van der Waals surface area contributed by atoms with Crippen LogP contribution in [0.5, 0.6) is 0 Å². The molecule has 74 valence electrons. The maximum atomic E-state index is 11.3. The van der Waals surface area contributed by atoms with E-state index in [2.05, 4.69) is 25.7 Å². The molecule has 5 heteroatoms. The summed E-state index contributed by atoms with van der Waals surface area (Å²) < 4.78 is 5.16. The molecule has 0 bridgehead atoms. The minimum Gasteiger partial charge on any atom is -0.465 e. The Labute approximate surface area is 89.4 Å². The van der Waals surface area contributed by atoms with Crippen molar-refractivity contribution in [3.05, 3.63) is 28.0 Å². The number of aromatic nitrogens is 1. The number of carbonyl (C=O) groups is 2. The SMILES string of the molecule is COC(=O)c1cc(Br)cnc1C(C)=O. The summed E-state index contributed by atoms with van der Waals surface area (Å²) in [7, 11) is 1.26. The van der Waals surface area contributed by atoms with Gasteiger partial charge in [-0.3, -0.25) is 9.78 Å². The number of ether oxygens (including phenoxy) is 1. The van der Waals surface area contributed by atoms with Crippen LogP contribution in [0.3, 0.4) is 0 Å². The Morgan fingerprint density at radius 3 is 2.64 bits per heavy atom. The second kappa shape index (κ2) is 4.32. The van der Waals surface area contributed by atoms with E-state index in [4.69, 9.17) is 0 Å². The number of hydrogen-bond donors (Lipinski definition) is 0. The molecular weight excluding hydrogens is 250 g/mol. The maximum absolute atomic E-state index is 11.3. The number of pyridine rings is 1. The summed E-state index contributed by atoms with van der Waals surface area (Å²) in [6.07, 6.45) is 1.46. The fourth-order valence-electron chi connectivity index (χ4n) is 0.985. The Morgan fingerprint density at radius 2 is 2.14 bits per heavy atom. The van der Waals surface area contributed by atoms with Crippen LogP contribution in [0.4, 0.5) is 0 Å². The number of methoxy groups -OCH3 is 1. The van der Waals surface area contributed by atoms with Gasteiger partial charge in [-0.15, -0.1) is 0 Å². The molecule has 0 unspecified atom stereocenters. The zero-order chi connectivity index (χ0) is 10.7. The molecule has 0 aliphatic carbocycles. The lowest BCUT2D eigenvalue weighted by atomic mass is 10.1. The Kier molecular flexibility index (Phi) is 3.35. The predicted octanol–water partition coefficient (Wildman–Crippen LogP) is 1.83. The van der Waals surface area contributed by atoms with Crippen LogP contribution in [0.1, 0.15) is 27.8 Å². The topological polar surface area (TPSA) is 56.3 Å². The van der Waals surface area contributed by atoms with Crippen molar-refractivity contribution in [1.82, 2.24) is 4.98 Å². The molecule has 0 N–H and O–H groups in total. The Bertz CT molecular complexity index is 390. The first-order valence-electron chi connectivity index (χ1n) is 3.81. The highest BCUT2D eigenvalue weighted by Crippen LogP contribution is 2.15. The summed E-state index contributed by atoms with van der Waals surface area (Å²) in [5, 5.41) is 0. The van der Waals surface area contributed by atoms with Crippen LogP contribution in [-0.4, -0.2) is 23.8 Å². The quantitative estimate of drug-likeness (QED) is 0.599. The molecule has 0 radical (unpaired) electrons. The molecule has 0 saturated heterocycles. The van der Waals surface area contributed by atoms with Crippen LogP contribution in [0.15, 0.2) is 16.7 Å². The Morgan fingerprint density at radius 1 is 1.50 bits per heavy atom. The summed E-state index contributed by atoms with van der Waals surface area (Å²) >= 11 is 3.16. The number of rotatable bonds is 2. The van der Waals surface area contributed by atoms with Gasteiger partial charge >= 0.3 is 5.97 Å². The molecule has 0 spiro atoms. The molecule has 4 nitrogen and oxygen atoms in total. The van der Waals surface area contributed by atoms with Crippen LogP contribution >= 0.6 is 15.9 Å². The fraction of sp³-hybridized carbons (Fsp3) is 0.222. The zero-order valence-electron chi connectivity index (χ0n) is 7.70. The molecule has 1 heterocycles. The second-order valence-electron chi connectivity index (χ2n) is 2.60. The van der Waals surface area contributed by atoms with E-state index >= 15 is 0 Å². The first kappa shape index (κ1) is 10.8. The normalized spacial score (nSPS) is 9.64. The Hall–Kier alpha value is -1.23. The monoisotopic (exact) mass is 257 g/mol. The molecule has 0 atom stereocenters. The van der Waals surface area contributed by atoms with Gasteiger partial charge in [0, 0.05) is 17.6 Å². The van der Waals surface area contributed by atoms with Gasteiger partial charge in [-0.05, 0) is 22.0 Å². The van der Waals surface area contributed by atoms with E-state index in [0.717, 1.165) is 0 Å². The number of halogens is 1. The molecule has 0 fully saturated rings. The first-order chi connectivity index (χ1) is 6.56. The number of esters is 1. The van der Waals surface area contributed by atoms with Crippen molar-refractivity contribution >= 4 is 27.7 Å². The van der Waals surface area contributed by atoms with Gasteiger partial charge in [-0.1, -0.05) is 0 Å². The number of nitrogens with zero attached hydrogens (tertiary/aromatic N) is 1. The largest absolute Gasteiger partial charge is 0.465 e. The van der Waals surface area contributed by atoms with Gasteiger partial charge in [0.25, 0.3) is 0 Å². The summed E-state index contributed by atoms with van der Waals surface area (Å²) in [5.74, 6) is -0.832. The van der Waals surface area contributed by atoms with Crippen molar-refractivity contribution in [3.63, 3.8) is 0 Å². The van der Waals surface area contributed by atoms with Crippen molar-refractivity contribution < 1.29 is 14.3 Å². The number of ketones is 1. The van der Waals surface area contributed by atoms with E-state index in [1.165, 1.54) is 26.3 Å². The predicted molar refractivity (Wildman–Crippen MR) is 53.3 cm³/mol. The highest BCUT2D eigenvalue weighted by molar-refractivity contribution is 9.10. The van der Waals surface area contributed by atoms with Crippen molar-refractivity contribution in [1.29, 1.82) is 0 Å². The van der Waals surface area contributed by atoms with E-state index in [1.54, 1.807) is 0 Å². The zero-order valence-corrected chi connectivity index (χ0v) is 9.29. The van der Waals surface area contributed by atoms with Crippen LogP contribution in [0.2, 0.25) is 0 Å². The summed E-state index contributed by atoms with van der Waals surface area (Å²) in [4.78, 5) is 26.2. The number of hydrogen-bond acceptors (Lipinski definition) is 4. The fourth-order valence-corrected chi connectivity index (χ4v) is 1.32. The average molecular weight is 258 g/mol. The van der Waals surface area contributed by atoms with Gasteiger partial charge in [0.2, 0.25) is 0 Å². The third-order valence-electron chi connectivity index (χ3n) is 1.59. The van der Waals surface area contributed by atoms with E-state index in [9.17, 15) is 9.59 Å². The second-order valence-corrected chi connectivity index (χ2v) is 3.51. The molecular formula is C9H8BrNO3. The van der Waals surface area contributed by atoms with Gasteiger partial charge < -0.3 is 4.74 Å². The van der Waals surface area contributed by atoms with E-state index in [-0.39, 0.29) is 17.0 Å². The van der Waals surface area contributed by atoms with Crippen LogP contribution in [0, 0.1) is 0 Å². The van der Waals surface area contributed by atoms with Gasteiger partial charge in [0.1, 0.15) is 5.69 Å². The molecule has 1 aromatic rings. The van der Waals surface area contributed by atoms with E-state index in [1.807, 2.05) is 0 Å². The third-order valence-corrected chi connectivity index (χ3v) is 2.03. The molecule has 14 heavy (non-hydrogen) atoms. The summed E-state index contributed by atoms with van der Waals surface area (Å²) in [5.41, 5.74) is 0.300. The molecule has 0 aliphatic rings. The lowest BCUT2D eigenvalue weighted by Gasteiger charge is -2.03. The van der Waals surface area contributed by atoms with Crippen molar-refractivity contribution in [3.8, 4) is 0 Å². The number of carbonyl (C=O) groups excluding carboxylic acids is 2. The van der Waals surface area contributed by atoms with Gasteiger partial charge in [-0.2, -0.15) is 0 Å². The maximum Gasteiger partial charge on any atom is 0.340 e. The minimum atomic E-state index is -0.566. The average Bonchev–Trinajstić information content (AvgIpc) is 2.16. The molecule has 0 amide bonds. The lowest BCUT2D eigenvalue weighted by molar-refractivity contribution is 0.0596. The number of Topliss-reactive ketones (excluding diaryl/α,β-unsaturated/α-hetero) is 1. The van der Waals surface area contributed by atoms with Crippen molar-refractivity contribution in [2.75, 3.05) is 7.11 Å². The molecule has 0 saturated carbocycles. The van der Waals surface area contributed by atoms with Crippen molar-refractivity contribution in [2.24, 2.45) is 0 Å².